The van der Waals surface area contributed by atoms with E-state index < -0.39 is 0 Å². The van der Waals surface area contributed by atoms with Crippen LogP contribution in [0.4, 0.5) is 0 Å². The lowest BCUT2D eigenvalue weighted by Crippen LogP contribution is -2.44. The van der Waals surface area contributed by atoms with E-state index in [0.717, 1.165) is 18.4 Å². The summed E-state index contributed by atoms with van der Waals surface area (Å²) in [7, 11) is 3.15. The molecule has 1 aromatic carbocycles. The van der Waals surface area contributed by atoms with Crippen LogP contribution in [0.2, 0.25) is 0 Å². The average Bonchev–Trinajstić information content (AvgIpc) is 3.02. The average molecular weight is 306 g/mol. The van der Waals surface area contributed by atoms with Crippen molar-refractivity contribution in [2.45, 2.75) is 32.4 Å². The molecule has 6 heteroatoms. The molecule has 0 saturated carbocycles. The molecule has 1 unspecified atom stereocenters. The number of hydrogen-bond acceptors (Lipinski definition) is 4. The van der Waals surface area contributed by atoms with Crippen LogP contribution in [0.15, 0.2) is 18.2 Å². The van der Waals surface area contributed by atoms with Crippen LogP contribution in [-0.2, 0) is 16.1 Å². The van der Waals surface area contributed by atoms with E-state index in [9.17, 15) is 9.59 Å². The van der Waals surface area contributed by atoms with Gasteiger partial charge in [-0.1, -0.05) is 6.07 Å². The zero-order valence-electron chi connectivity index (χ0n) is 13.2. The van der Waals surface area contributed by atoms with Gasteiger partial charge in [-0.2, -0.15) is 0 Å². The molecule has 1 saturated heterocycles. The van der Waals surface area contributed by atoms with Crippen molar-refractivity contribution in [2.75, 3.05) is 20.8 Å². The third-order valence-corrected chi connectivity index (χ3v) is 3.87. The Morgan fingerprint density at radius 1 is 1.27 bits per heavy atom. The Balaban J connectivity index is 1.98. The number of ether oxygens (including phenoxy) is 2. The second kappa shape index (κ2) is 7.15. The largest absolute Gasteiger partial charge is 0.493 e. The van der Waals surface area contributed by atoms with Gasteiger partial charge in [0.15, 0.2) is 11.5 Å². The first kappa shape index (κ1) is 16.1. The number of carbonyl (C=O) groups is 2. The SMILES string of the molecule is COc1ccc(CNC(=O)C2CCCN2C(C)=O)cc1OC. The summed E-state index contributed by atoms with van der Waals surface area (Å²) < 4.78 is 10.4. The minimum atomic E-state index is -0.349. The van der Waals surface area contributed by atoms with E-state index in [-0.39, 0.29) is 17.9 Å². The van der Waals surface area contributed by atoms with E-state index in [1.54, 1.807) is 25.2 Å². The number of amides is 2. The Labute approximate surface area is 130 Å². The van der Waals surface area contributed by atoms with Crippen LogP contribution in [0.25, 0.3) is 0 Å². The number of rotatable bonds is 5. The van der Waals surface area contributed by atoms with E-state index in [4.69, 9.17) is 9.47 Å². The van der Waals surface area contributed by atoms with Gasteiger partial charge < -0.3 is 19.7 Å². The lowest BCUT2D eigenvalue weighted by Gasteiger charge is -2.22. The summed E-state index contributed by atoms with van der Waals surface area (Å²) in [5.41, 5.74) is 0.915. The maximum atomic E-state index is 12.3. The summed E-state index contributed by atoms with van der Waals surface area (Å²) in [4.78, 5) is 25.4. The summed E-state index contributed by atoms with van der Waals surface area (Å²) in [5, 5.41) is 2.89. The van der Waals surface area contributed by atoms with Crippen LogP contribution in [0.5, 0.6) is 11.5 Å². The highest BCUT2D eigenvalue weighted by Crippen LogP contribution is 2.27. The summed E-state index contributed by atoms with van der Waals surface area (Å²) >= 11 is 0. The van der Waals surface area contributed by atoms with Crippen molar-refractivity contribution < 1.29 is 19.1 Å². The molecule has 1 heterocycles. The van der Waals surface area contributed by atoms with Crippen molar-refractivity contribution in [1.29, 1.82) is 0 Å². The Morgan fingerprint density at radius 3 is 2.64 bits per heavy atom. The molecule has 22 heavy (non-hydrogen) atoms. The molecule has 1 aliphatic heterocycles. The molecule has 0 spiro atoms. The molecule has 120 valence electrons. The van der Waals surface area contributed by atoms with Gasteiger partial charge in [-0.15, -0.1) is 0 Å². The first-order valence-corrected chi connectivity index (χ1v) is 7.32. The zero-order valence-corrected chi connectivity index (χ0v) is 13.2. The molecule has 1 atom stereocenters. The predicted molar refractivity (Wildman–Crippen MR) is 81.8 cm³/mol. The molecule has 0 aliphatic carbocycles. The van der Waals surface area contributed by atoms with Crippen LogP contribution < -0.4 is 14.8 Å². The Morgan fingerprint density at radius 2 is 2.00 bits per heavy atom. The lowest BCUT2D eigenvalue weighted by atomic mass is 10.1. The van der Waals surface area contributed by atoms with Crippen molar-refractivity contribution in [2.24, 2.45) is 0 Å². The fourth-order valence-electron chi connectivity index (χ4n) is 2.71. The molecule has 0 bridgehead atoms. The van der Waals surface area contributed by atoms with Crippen molar-refractivity contribution in [3.05, 3.63) is 23.8 Å². The van der Waals surface area contributed by atoms with Crippen molar-refractivity contribution >= 4 is 11.8 Å². The minimum absolute atomic E-state index is 0.0521. The van der Waals surface area contributed by atoms with Gasteiger partial charge >= 0.3 is 0 Å². The van der Waals surface area contributed by atoms with Crippen LogP contribution in [0.3, 0.4) is 0 Å². The zero-order chi connectivity index (χ0) is 16.1. The molecular weight excluding hydrogens is 284 g/mol. The third-order valence-electron chi connectivity index (χ3n) is 3.87. The maximum absolute atomic E-state index is 12.3. The third kappa shape index (κ3) is 3.50. The second-order valence-electron chi connectivity index (χ2n) is 5.28. The lowest BCUT2D eigenvalue weighted by molar-refractivity contribution is -0.136. The Kier molecular flexibility index (Phi) is 5.25. The van der Waals surface area contributed by atoms with E-state index in [1.165, 1.54) is 6.92 Å². The molecule has 1 N–H and O–H groups in total. The minimum Gasteiger partial charge on any atom is -0.493 e. The molecule has 2 amide bonds. The molecular formula is C16H22N2O4. The first-order chi connectivity index (χ1) is 10.6. The van der Waals surface area contributed by atoms with E-state index in [2.05, 4.69) is 5.32 Å². The summed E-state index contributed by atoms with van der Waals surface area (Å²) in [5.74, 6) is 1.11. The molecule has 6 nitrogen and oxygen atoms in total. The van der Waals surface area contributed by atoms with Crippen LogP contribution >= 0.6 is 0 Å². The molecule has 0 aromatic heterocycles. The molecule has 0 radical (unpaired) electrons. The molecule has 2 rings (SSSR count). The van der Waals surface area contributed by atoms with Crippen molar-refractivity contribution in [3.63, 3.8) is 0 Å². The number of nitrogens with one attached hydrogen (secondary N) is 1. The number of benzene rings is 1. The number of carbonyl (C=O) groups excluding carboxylic acids is 2. The predicted octanol–water partition coefficient (Wildman–Crippen LogP) is 1.33. The monoisotopic (exact) mass is 306 g/mol. The highest BCUT2D eigenvalue weighted by Gasteiger charge is 2.31. The van der Waals surface area contributed by atoms with Gasteiger partial charge in [-0.05, 0) is 30.5 Å². The second-order valence-corrected chi connectivity index (χ2v) is 5.28. The topological polar surface area (TPSA) is 67.9 Å². The maximum Gasteiger partial charge on any atom is 0.243 e. The van der Waals surface area contributed by atoms with Crippen LogP contribution in [0.1, 0.15) is 25.3 Å². The normalized spacial score (nSPS) is 17.2. The van der Waals surface area contributed by atoms with Gasteiger partial charge in [0, 0.05) is 20.0 Å². The van der Waals surface area contributed by atoms with Gasteiger partial charge in [-0.25, -0.2) is 0 Å². The summed E-state index contributed by atoms with van der Waals surface area (Å²) in [6.07, 6.45) is 1.59. The van der Waals surface area contributed by atoms with Crippen LogP contribution in [0, 0.1) is 0 Å². The Bertz CT molecular complexity index is 559. The van der Waals surface area contributed by atoms with Crippen molar-refractivity contribution in [3.8, 4) is 11.5 Å². The molecule has 1 fully saturated rings. The van der Waals surface area contributed by atoms with Gasteiger partial charge in [0.2, 0.25) is 11.8 Å². The smallest absolute Gasteiger partial charge is 0.243 e. The Hall–Kier alpha value is -2.24. The fourth-order valence-corrected chi connectivity index (χ4v) is 2.71. The molecule has 1 aromatic rings. The van der Waals surface area contributed by atoms with E-state index in [0.29, 0.717) is 24.6 Å². The summed E-state index contributed by atoms with van der Waals surface area (Å²) in [6, 6.07) is 5.16. The van der Waals surface area contributed by atoms with Crippen molar-refractivity contribution in [1.82, 2.24) is 10.2 Å². The van der Waals surface area contributed by atoms with Gasteiger partial charge in [0.25, 0.3) is 0 Å². The fraction of sp³-hybridized carbons (Fsp3) is 0.500. The summed E-state index contributed by atoms with van der Waals surface area (Å²) in [6.45, 7) is 2.55. The molecule has 1 aliphatic rings. The van der Waals surface area contributed by atoms with Gasteiger partial charge in [-0.3, -0.25) is 9.59 Å². The number of likely N-dealkylation sites (tertiary alicyclic amines) is 1. The van der Waals surface area contributed by atoms with E-state index >= 15 is 0 Å². The number of nitrogens with zero attached hydrogens (tertiary/aromatic N) is 1. The quantitative estimate of drug-likeness (QED) is 0.891. The highest BCUT2D eigenvalue weighted by molar-refractivity contribution is 5.87. The number of hydrogen-bond donors (Lipinski definition) is 1. The van der Waals surface area contributed by atoms with Gasteiger partial charge in [0.05, 0.1) is 14.2 Å². The van der Waals surface area contributed by atoms with E-state index in [1.807, 2.05) is 12.1 Å². The van der Waals surface area contributed by atoms with Gasteiger partial charge in [0.1, 0.15) is 6.04 Å². The number of methoxy groups -OCH3 is 2. The first-order valence-electron chi connectivity index (χ1n) is 7.32. The standard InChI is InChI=1S/C16H22N2O4/c1-11(19)18-8-4-5-13(18)16(20)17-10-12-6-7-14(21-2)15(9-12)22-3/h6-7,9,13H,4-5,8,10H2,1-3H3,(H,17,20). The highest BCUT2D eigenvalue weighted by atomic mass is 16.5. The van der Waals surface area contributed by atoms with Crippen LogP contribution in [-0.4, -0.2) is 43.5 Å².